The quantitative estimate of drug-likeness (QED) is 0.738. The number of nitrogens with one attached hydrogen (secondary N) is 1. The molecule has 0 saturated heterocycles. The number of benzene rings is 1. The number of amides is 1. The van der Waals surface area contributed by atoms with Gasteiger partial charge in [-0.3, -0.25) is 9.79 Å². The van der Waals surface area contributed by atoms with Gasteiger partial charge in [-0.25, -0.2) is 4.68 Å². The lowest BCUT2D eigenvalue weighted by Crippen LogP contribution is -2.26. The zero-order valence-electron chi connectivity index (χ0n) is 12.7. The summed E-state index contributed by atoms with van der Waals surface area (Å²) in [7, 11) is 0. The lowest BCUT2D eigenvalue weighted by Gasteiger charge is -2.03. The maximum atomic E-state index is 12.4. The van der Waals surface area contributed by atoms with Crippen molar-refractivity contribution < 1.29 is 4.79 Å². The molecular formula is C16H13ClN4OS2. The van der Waals surface area contributed by atoms with Gasteiger partial charge in [0.2, 0.25) is 0 Å². The lowest BCUT2D eigenvalue weighted by atomic mass is 10.3. The third-order valence-electron chi connectivity index (χ3n) is 3.63. The number of hydrogen-bond donors (Lipinski definition) is 1. The summed E-state index contributed by atoms with van der Waals surface area (Å²) in [6, 6.07) is 9.40. The van der Waals surface area contributed by atoms with Crippen molar-refractivity contribution in [2.24, 2.45) is 4.99 Å². The molecule has 122 valence electrons. The van der Waals surface area contributed by atoms with Crippen LogP contribution in [0.25, 0.3) is 15.9 Å². The zero-order valence-corrected chi connectivity index (χ0v) is 15.1. The minimum Gasteiger partial charge on any atom is -0.301 e. The monoisotopic (exact) mass is 376 g/mol. The topological polar surface area (TPSA) is 59.3 Å². The molecular weight excluding hydrogens is 364 g/mol. The maximum absolute atomic E-state index is 12.4. The maximum Gasteiger partial charge on any atom is 0.267 e. The molecule has 2 aromatic heterocycles. The molecule has 1 aliphatic heterocycles. The molecule has 0 bridgehead atoms. The van der Waals surface area contributed by atoms with E-state index in [0.29, 0.717) is 15.1 Å². The van der Waals surface area contributed by atoms with Crippen molar-refractivity contribution in [1.82, 2.24) is 15.1 Å². The van der Waals surface area contributed by atoms with Gasteiger partial charge in [-0.2, -0.15) is 5.10 Å². The molecule has 0 unspecified atom stereocenters. The molecule has 5 nitrogen and oxygen atoms in total. The number of aryl methyl sites for hydroxylation is 1. The van der Waals surface area contributed by atoms with Crippen LogP contribution in [0.2, 0.25) is 5.02 Å². The van der Waals surface area contributed by atoms with Crippen LogP contribution in [-0.2, 0) is 0 Å². The fourth-order valence-electron chi connectivity index (χ4n) is 2.51. The molecule has 1 aliphatic rings. The number of aliphatic imine (C=N–C) groups is 1. The van der Waals surface area contributed by atoms with E-state index in [2.05, 4.69) is 15.4 Å². The Kier molecular flexibility index (Phi) is 4.07. The highest BCUT2D eigenvalue weighted by Crippen LogP contribution is 2.31. The highest BCUT2D eigenvalue weighted by molar-refractivity contribution is 8.14. The van der Waals surface area contributed by atoms with Crippen LogP contribution in [0.5, 0.6) is 0 Å². The average Bonchev–Trinajstić information content (AvgIpc) is 3.26. The average molecular weight is 377 g/mol. The van der Waals surface area contributed by atoms with Gasteiger partial charge in [-0.05, 0) is 31.2 Å². The number of thiophene rings is 1. The van der Waals surface area contributed by atoms with Gasteiger partial charge in [-0.1, -0.05) is 29.4 Å². The number of carbonyl (C=O) groups excluding carboxylic acids is 1. The van der Waals surface area contributed by atoms with E-state index >= 15 is 0 Å². The fraction of sp³-hybridized carbons (Fsp3) is 0.188. The highest BCUT2D eigenvalue weighted by atomic mass is 35.5. The van der Waals surface area contributed by atoms with Crippen LogP contribution in [0.3, 0.4) is 0 Å². The molecule has 1 amide bonds. The molecule has 1 aromatic carbocycles. The van der Waals surface area contributed by atoms with Gasteiger partial charge in [0.25, 0.3) is 5.91 Å². The third-order valence-corrected chi connectivity index (χ3v) is 5.86. The number of fused-ring (bicyclic) bond motifs is 1. The van der Waals surface area contributed by atoms with Crippen LogP contribution < -0.4 is 5.32 Å². The van der Waals surface area contributed by atoms with Crippen molar-refractivity contribution in [3.63, 3.8) is 0 Å². The number of nitrogens with zero attached hydrogens (tertiary/aromatic N) is 3. The van der Waals surface area contributed by atoms with Crippen LogP contribution in [-0.4, -0.2) is 33.2 Å². The molecule has 3 heterocycles. The van der Waals surface area contributed by atoms with Crippen molar-refractivity contribution in [1.29, 1.82) is 0 Å². The van der Waals surface area contributed by atoms with E-state index in [0.717, 1.165) is 33.9 Å². The van der Waals surface area contributed by atoms with E-state index in [1.54, 1.807) is 11.8 Å². The molecule has 8 heteroatoms. The van der Waals surface area contributed by atoms with Crippen molar-refractivity contribution in [2.75, 3.05) is 12.3 Å². The predicted octanol–water partition coefficient (Wildman–Crippen LogP) is 3.88. The Morgan fingerprint density at radius 1 is 1.38 bits per heavy atom. The lowest BCUT2D eigenvalue weighted by molar-refractivity contribution is 0.0982. The number of hydrogen-bond acceptors (Lipinski definition) is 5. The van der Waals surface area contributed by atoms with Crippen molar-refractivity contribution >= 4 is 56.0 Å². The number of halogens is 1. The number of rotatable bonds is 2. The number of carbonyl (C=O) groups is 1. The van der Waals surface area contributed by atoms with Crippen LogP contribution >= 0.6 is 34.7 Å². The largest absolute Gasteiger partial charge is 0.301 e. The van der Waals surface area contributed by atoms with Gasteiger partial charge < -0.3 is 5.32 Å². The van der Waals surface area contributed by atoms with E-state index < -0.39 is 0 Å². The van der Waals surface area contributed by atoms with E-state index in [9.17, 15) is 4.79 Å². The number of thioether (sulfide) groups is 1. The minimum absolute atomic E-state index is 0.124. The van der Waals surface area contributed by atoms with Crippen LogP contribution in [0.1, 0.15) is 15.4 Å². The molecule has 4 rings (SSSR count). The van der Waals surface area contributed by atoms with Gasteiger partial charge in [0, 0.05) is 16.2 Å². The van der Waals surface area contributed by atoms with Gasteiger partial charge in [0.05, 0.1) is 22.8 Å². The van der Waals surface area contributed by atoms with E-state index in [-0.39, 0.29) is 5.91 Å². The summed E-state index contributed by atoms with van der Waals surface area (Å²) in [6.07, 6.45) is 0. The Morgan fingerprint density at radius 3 is 3.00 bits per heavy atom. The van der Waals surface area contributed by atoms with E-state index in [1.807, 2.05) is 41.9 Å². The second-order valence-electron chi connectivity index (χ2n) is 5.30. The Bertz CT molecular complexity index is 976. The standard InChI is InChI=1S/C16H13ClN4OS2/c1-9-12-8-13(14(22)19-16-18-5-6-23-16)24-15(12)21(20-9)11-4-2-3-10(17)7-11/h2-4,7-8H,5-6H2,1H3,(H,18,19,22). The molecule has 0 radical (unpaired) electrons. The molecule has 0 spiro atoms. The summed E-state index contributed by atoms with van der Waals surface area (Å²) in [5, 5.41) is 9.77. The van der Waals surface area contributed by atoms with Crippen LogP contribution in [0, 0.1) is 6.92 Å². The first kappa shape index (κ1) is 15.7. The second-order valence-corrected chi connectivity index (χ2v) is 7.85. The number of amidine groups is 1. The summed E-state index contributed by atoms with van der Waals surface area (Å²) in [6.45, 7) is 2.70. The summed E-state index contributed by atoms with van der Waals surface area (Å²) in [5.41, 5.74) is 1.76. The van der Waals surface area contributed by atoms with Crippen molar-refractivity contribution in [2.45, 2.75) is 6.92 Å². The predicted molar refractivity (Wildman–Crippen MR) is 101 cm³/mol. The minimum atomic E-state index is -0.124. The Labute approximate surface area is 151 Å². The van der Waals surface area contributed by atoms with Gasteiger partial charge >= 0.3 is 0 Å². The molecule has 0 atom stereocenters. The highest BCUT2D eigenvalue weighted by Gasteiger charge is 2.19. The smallest absolute Gasteiger partial charge is 0.267 e. The van der Waals surface area contributed by atoms with Gasteiger partial charge in [0.15, 0.2) is 5.17 Å². The Hall–Kier alpha value is -1.83. The first-order valence-electron chi connectivity index (χ1n) is 7.35. The summed E-state index contributed by atoms with van der Waals surface area (Å²) >= 11 is 9.07. The molecule has 3 aromatic rings. The fourth-order valence-corrected chi connectivity index (χ4v) is 4.50. The molecule has 24 heavy (non-hydrogen) atoms. The van der Waals surface area contributed by atoms with Gasteiger partial charge in [0.1, 0.15) is 4.83 Å². The van der Waals surface area contributed by atoms with Crippen LogP contribution in [0.15, 0.2) is 35.3 Å². The SMILES string of the molecule is Cc1nn(-c2cccc(Cl)c2)c2sc(C(=O)NC3=NCCS3)cc12. The third kappa shape index (κ3) is 2.83. The molecule has 1 N–H and O–H groups in total. The molecule has 0 aliphatic carbocycles. The number of aromatic nitrogens is 2. The van der Waals surface area contributed by atoms with Crippen molar-refractivity contribution in [3.05, 3.63) is 45.9 Å². The van der Waals surface area contributed by atoms with E-state index in [4.69, 9.17) is 11.6 Å². The summed E-state index contributed by atoms with van der Waals surface area (Å²) in [4.78, 5) is 18.3. The Morgan fingerprint density at radius 2 is 2.25 bits per heavy atom. The summed E-state index contributed by atoms with van der Waals surface area (Å²) in [5.74, 6) is 0.798. The molecule has 0 saturated carbocycles. The van der Waals surface area contributed by atoms with E-state index in [1.165, 1.54) is 11.3 Å². The zero-order chi connectivity index (χ0) is 16.7. The Balaban J connectivity index is 1.73. The van der Waals surface area contributed by atoms with Gasteiger partial charge in [-0.15, -0.1) is 11.3 Å². The first-order chi connectivity index (χ1) is 11.6. The molecule has 0 fully saturated rings. The first-order valence-corrected chi connectivity index (χ1v) is 9.53. The summed E-state index contributed by atoms with van der Waals surface area (Å²) < 4.78 is 1.83. The van der Waals surface area contributed by atoms with Crippen LogP contribution in [0.4, 0.5) is 0 Å². The second kappa shape index (κ2) is 6.23. The van der Waals surface area contributed by atoms with Crippen molar-refractivity contribution in [3.8, 4) is 5.69 Å². The normalized spacial score (nSPS) is 14.2.